The molecule has 7 heteroatoms. The molecule has 1 amide bonds. The lowest BCUT2D eigenvalue weighted by atomic mass is 9.47. The molecular formula is C52H96N4O3. The minimum absolute atomic E-state index is 0.0338. The molecule has 0 saturated heterocycles. The average molecular weight is 825 g/mol. The Morgan fingerprint density at radius 3 is 2.19 bits per heavy atom. The van der Waals surface area contributed by atoms with Crippen LogP contribution in [0.4, 0.5) is 0 Å². The lowest BCUT2D eigenvalue weighted by Gasteiger charge is -2.58. The quantitative estimate of drug-likeness (QED) is 0.0455. The fourth-order valence-corrected chi connectivity index (χ4v) is 13.1. The topological polar surface area (TPSA) is 111 Å². The summed E-state index contributed by atoms with van der Waals surface area (Å²) in [6.07, 6.45) is 25.2. The van der Waals surface area contributed by atoms with E-state index in [2.05, 4.69) is 80.6 Å². The molecule has 0 bridgehead atoms. The summed E-state index contributed by atoms with van der Waals surface area (Å²) >= 11 is 0. The van der Waals surface area contributed by atoms with E-state index in [1.807, 2.05) is 4.90 Å². The molecule has 4 aliphatic carbocycles. The third-order valence-electron chi connectivity index (χ3n) is 18.2. The van der Waals surface area contributed by atoms with Gasteiger partial charge in [0.05, 0.1) is 0 Å². The molecule has 3 saturated carbocycles. The van der Waals surface area contributed by atoms with Crippen LogP contribution in [-0.4, -0.2) is 60.1 Å². The maximum atomic E-state index is 13.6. The van der Waals surface area contributed by atoms with E-state index in [-0.39, 0.29) is 34.5 Å². The van der Waals surface area contributed by atoms with Gasteiger partial charge in [0.1, 0.15) is 6.10 Å². The highest BCUT2D eigenvalue weighted by Crippen LogP contribution is 2.67. The number of rotatable bonds is 26. The second kappa shape index (κ2) is 22.8. The Hall–Kier alpha value is -1.44. The summed E-state index contributed by atoms with van der Waals surface area (Å²) < 4.78 is 6.18. The van der Waals surface area contributed by atoms with Crippen LogP contribution in [0.5, 0.6) is 0 Å². The Bertz CT molecular complexity index is 1320. The van der Waals surface area contributed by atoms with Crippen LogP contribution in [-0.2, 0) is 14.3 Å². The highest BCUT2D eigenvalue weighted by Gasteiger charge is 2.59. The van der Waals surface area contributed by atoms with Crippen LogP contribution >= 0.6 is 0 Å². The van der Waals surface area contributed by atoms with Crippen molar-refractivity contribution in [2.45, 2.75) is 228 Å². The summed E-state index contributed by atoms with van der Waals surface area (Å²) in [6, 6.07) is 0. The highest BCUT2D eigenvalue weighted by atomic mass is 16.5. The standard InChI is InChI=1S/C52H96N4O3/c1-11-40(38(6)7)22-21-39(8)44-25-26-45-43-24-23-41-37-42(27-29-49(41,9)46(43)28-30-50(44,45)10)59-48(58)20-18-19-47(57)56(36-32-52(54,14-4)15-5)35-17-16-33-55-34-31-51(53,12-2)13-3/h23,38-40,42-46,55H,11-22,24-37,53-54H2,1-10H3/t39?,40?,42-,43-,44+,45-,46-,49-,50+/m0/s1. The maximum Gasteiger partial charge on any atom is 0.306 e. The Labute approximate surface area is 364 Å². The van der Waals surface area contributed by atoms with Crippen molar-refractivity contribution in [1.29, 1.82) is 0 Å². The van der Waals surface area contributed by atoms with E-state index in [9.17, 15) is 9.59 Å². The van der Waals surface area contributed by atoms with Gasteiger partial charge in [-0.15, -0.1) is 0 Å². The number of ether oxygens (including phenoxy) is 1. The molecule has 0 heterocycles. The van der Waals surface area contributed by atoms with Crippen LogP contribution in [0.1, 0.15) is 210 Å². The number of fused-ring (bicyclic) bond motifs is 5. The minimum Gasteiger partial charge on any atom is -0.462 e. The van der Waals surface area contributed by atoms with Crippen LogP contribution in [0.3, 0.4) is 0 Å². The highest BCUT2D eigenvalue weighted by molar-refractivity contribution is 5.77. The predicted octanol–water partition coefficient (Wildman–Crippen LogP) is 11.8. The summed E-state index contributed by atoms with van der Waals surface area (Å²) in [4.78, 5) is 28.8. The summed E-state index contributed by atoms with van der Waals surface area (Å²) in [5, 5.41) is 3.56. The fraction of sp³-hybridized carbons (Fsp3) is 0.923. The number of unbranched alkanes of at least 4 members (excludes halogenated alkanes) is 1. The molecule has 342 valence electrons. The van der Waals surface area contributed by atoms with E-state index in [0.29, 0.717) is 31.2 Å². The first-order chi connectivity index (χ1) is 28.0. The van der Waals surface area contributed by atoms with Crippen molar-refractivity contribution in [2.24, 2.45) is 63.7 Å². The maximum absolute atomic E-state index is 13.6. The van der Waals surface area contributed by atoms with Crippen LogP contribution in [0.25, 0.3) is 0 Å². The lowest BCUT2D eigenvalue weighted by Crippen LogP contribution is -2.51. The van der Waals surface area contributed by atoms with Gasteiger partial charge >= 0.3 is 5.97 Å². The lowest BCUT2D eigenvalue weighted by molar-refractivity contribution is -0.151. The molecule has 0 aromatic carbocycles. The van der Waals surface area contributed by atoms with Crippen LogP contribution in [0, 0.1) is 52.3 Å². The Balaban J connectivity index is 1.24. The van der Waals surface area contributed by atoms with Crippen molar-refractivity contribution in [3.8, 4) is 0 Å². The van der Waals surface area contributed by atoms with Gasteiger partial charge in [0.15, 0.2) is 0 Å². The van der Waals surface area contributed by atoms with Gasteiger partial charge in [0, 0.05) is 43.4 Å². The van der Waals surface area contributed by atoms with Gasteiger partial charge in [-0.25, -0.2) is 0 Å². The van der Waals surface area contributed by atoms with E-state index in [4.69, 9.17) is 16.2 Å². The molecule has 9 atom stereocenters. The molecule has 5 N–H and O–H groups in total. The number of hydrogen-bond acceptors (Lipinski definition) is 6. The molecule has 4 rings (SSSR count). The number of esters is 1. The first-order valence-electron chi connectivity index (χ1n) is 25.5. The van der Waals surface area contributed by atoms with Crippen molar-refractivity contribution in [3.05, 3.63) is 11.6 Å². The number of amides is 1. The van der Waals surface area contributed by atoms with Crippen molar-refractivity contribution in [1.82, 2.24) is 10.2 Å². The van der Waals surface area contributed by atoms with E-state index in [1.165, 1.54) is 51.4 Å². The number of allylic oxidation sites excluding steroid dienone is 1. The molecule has 59 heavy (non-hydrogen) atoms. The van der Waals surface area contributed by atoms with Crippen molar-refractivity contribution in [2.75, 3.05) is 26.2 Å². The Kier molecular flexibility index (Phi) is 19.4. The molecule has 0 aliphatic heterocycles. The molecule has 2 unspecified atom stereocenters. The third-order valence-corrected chi connectivity index (χ3v) is 18.2. The van der Waals surface area contributed by atoms with Crippen molar-refractivity contribution < 1.29 is 14.3 Å². The molecule has 0 aromatic rings. The van der Waals surface area contributed by atoms with Gasteiger partial charge in [0.25, 0.3) is 0 Å². The first kappa shape index (κ1) is 50.2. The third kappa shape index (κ3) is 12.8. The molecular weight excluding hydrogens is 729 g/mol. The number of carbonyl (C=O) groups excluding carboxylic acids is 2. The molecule has 0 spiro atoms. The summed E-state index contributed by atoms with van der Waals surface area (Å²) in [5.74, 6) is 5.78. The van der Waals surface area contributed by atoms with Crippen LogP contribution in [0.15, 0.2) is 11.6 Å². The Morgan fingerprint density at radius 1 is 0.831 bits per heavy atom. The molecule has 0 radical (unpaired) electrons. The second-order valence-corrected chi connectivity index (χ2v) is 21.6. The zero-order valence-electron chi connectivity index (χ0n) is 40.4. The second-order valence-electron chi connectivity index (χ2n) is 21.6. The predicted molar refractivity (Wildman–Crippen MR) is 249 cm³/mol. The largest absolute Gasteiger partial charge is 0.462 e. The zero-order chi connectivity index (χ0) is 43.4. The normalized spacial score (nSPS) is 29.3. The fourth-order valence-electron chi connectivity index (χ4n) is 13.1. The minimum atomic E-state index is -0.247. The van der Waals surface area contributed by atoms with Crippen molar-refractivity contribution in [3.63, 3.8) is 0 Å². The van der Waals surface area contributed by atoms with Gasteiger partial charge < -0.3 is 26.4 Å². The average Bonchev–Trinajstić information content (AvgIpc) is 3.58. The van der Waals surface area contributed by atoms with Gasteiger partial charge in [-0.2, -0.15) is 0 Å². The monoisotopic (exact) mass is 825 g/mol. The number of hydrogen-bond donors (Lipinski definition) is 3. The first-order valence-corrected chi connectivity index (χ1v) is 25.5. The molecule has 4 aliphatic rings. The van der Waals surface area contributed by atoms with Gasteiger partial charge in [-0.1, -0.05) is 93.7 Å². The summed E-state index contributed by atoms with van der Waals surface area (Å²) in [7, 11) is 0. The van der Waals surface area contributed by atoms with E-state index in [1.54, 1.807) is 5.57 Å². The molecule has 0 aromatic heterocycles. The van der Waals surface area contributed by atoms with Gasteiger partial charge in [-0.3, -0.25) is 9.59 Å². The van der Waals surface area contributed by atoms with Crippen LogP contribution < -0.4 is 16.8 Å². The smallest absolute Gasteiger partial charge is 0.306 e. The SMILES string of the molecule is CCC(CCC(C)[C@H]1CC[C@H]2[C@@H]3CC=C4C[C@@H](OC(=O)CCCC(=O)N(CCCCNCCC(N)(CC)CC)CCC(N)(CC)CC)CC[C@]4(C)[C@H]3CC[C@]12C)C(C)C. The van der Waals surface area contributed by atoms with Gasteiger partial charge in [0.2, 0.25) is 5.91 Å². The molecule has 3 fully saturated rings. The number of nitrogens with one attached hydrogen (secondary N) is 1. The summed E-state index contributed by atoms with van der Waals surface area (Å²) in [5.41, 5.74) is 15.1. The van der Waals surface area contributed by atoms with Gasteiger partial charge in [-0.05, 0) is 174 Å². The van der Waals surface area contributed by atoms with E-state index >= 15 is 0 Å². The number of nitrogens with zero attached hydrogens (tertiary/aromatic N) is 1. The number of nitrogens with two attached hydrogens (primary N) is 2. The number of carbonyl (C=O) groups is 2. The Morgan fingerprint density at radius 2 is 1.53 bits per heavy atom. The van der Waals surface area contributed by atoms with E-state index < -0.39 is 0 Å². The zero-order valence-corrected chi connectivity index (χ0v) is 40.4. The molecule has 7 nitrogen and oxygen atoms in total. The van der Waals surface area contributed by atoms with Crippen molar-refractivity contribution >= 4 is 11.9 Å². The van der Waals surface area contributed by atoms with E-state index in [0.717, 1.165) is 132 Å². The van der Waals surface area contributed by atoms with Crippen LogP contribution in [0.2, 0.25) is 0 Å². The summed E-state index contributed by atoms with van der Waals surface area (Å²) in [6.45, 7) is 26.9.